The Morgan fingerprint density at radius 1 is 1.56 bits per heavy atom. The highest BCUT2D eigenvalue weighted by Gasteiger charge is 2.15. The van der Waals surface area contributed by atoms with Crippen molar-refractivity contribution in [3.8, 4) is 17.2 Å². The van der Waals surface area contributed by atoms with E-state index in [9.17, 15) is 14.3 Å². The molecule has 0 fully saturated rings. The van der Waals surface area contributed by atoms with Gasteiger partial charge in [-0.3, -0.25) is 4.79 Å². The predicted octanol–water partition coefficient (Wildman–Crippen LogP) is 0.870. The van der Waals surface area contributed by atoms with Gasteiger partial charge in [-0.2, -0.15) is 4.98 Å². The van der Waals surface area contributed by atoms with E-state index >= 15 is 0 Å². The minimum atomic E-state index is -0.533. The van der Waals surface area contributed by atoms with E-state index in [-0.39, 0.29) is 35.4 Å². The Kier molecular flexibility index (Phi) is 3.22. The van der Waals surface area contributed by atoms with Crippen molar-refractivity contribution >= 4 is 5.91 Å². The Morgan fingerprint density at radius 2 is 2.33 bits per heavy atom. The summed E-state index contributed by atoms with van der Waals surface area (Å²) in [6, 6.07) is 3.38. The van der Waals surface area contributed by atoms with E-state index < -0.39 is 5.82 Å². The number of hydrogen-bond donors (Lipinski definition) is 2. The summed E-state index contributed by atoms with van der Waals surface area (Å²) in [5, 5.41) is 15.5. The Labute approximate surface area is 101 Å². The van der Waals surface area contributed by atoms with Crippen molar-refractivity contribution in [1.29, 1.82) is 0 Å². The molecule has 0 bridgehead atoms. The van der Waals surface area contributed by atoms with Gasteiger partial charge in [0.15, 0.2) is 5.82 Å². The van der Waals surface area contributed by atoms with Crippen molar-refractivity contribution in [2.75, 3.05) is 7.05 Å². The largest absolute Gasteiger partial charge is 0.507 e. The molecule has 0 aliphatic heterocycles. The SMILES string of the molecule is CNC(=O)Cc1noc(-c2cc(F)ccc2O)n1. The molecule has 0 atom stereocenters. The first-order chi connectivity index (χ1) is 8.60. The van der Waals surface area contributed by atoms with Crippen molar-refractivity contribution in [3.05, 3.63) is 29.8 Å². The number of hydrogen-bond acceptors (Lipinski definition) is 5. The molecule has 7 heteroatoms. The van der Waals surface area contributed by atoms with Crippen LogP contribution in [0.15, 0.2) is 22.7 Å². The number of halogens is 1. The van der Waals surface area contributed by atoms with E-state index in [4.69, 9.17) is 4.52 Å². The molecule has 94 valence electrons. The molecule has 2 N–H and O–H groups in total. The fraction of sp³-hybridized carbons (Fsp3) is 0.182. The van der Waals surface area contributed by atoms with Crippen LogP contribution in [0.1, 0.15) is 5.82 Å². The Hall–Kier alpha value is -2.44. The Bertz CT molecular complexity index is 583. The summed E-state index contributed by atoms with van der Waals surface area (Å²) in [4.78, 5) is 15.0. The van der Waals surface area contributed by atoms with Crippen LogP contribution in [0.3, 0.4) is 0 Å². The van der Waals surface area contributed by atoms with Crippen molar-refractivity contribution < 1.29 is 18.8 Å². The maximum Gasteiger partial charge on any atom is 0.261 e. The number of rotatable bonds is 3. The molecule has 0 aliphatic rings. The minimum absolute atomic E-state index is 0.0362. The molecule has 2 aromatic rings. The zero-order valence-electron chi connectivity index (χ0n) is 9.48. The topological polar surface area (TPSA) is 88.2 Å². The van der Waals surface area contributed by atoms with E-state index in [1.807, 2.05) is 0 Å². The standard InChI is InChI=1S/C11H10FN3O3/c1-13-10(17)5-9-14-11(18-15-9)7-4-6(12)2-3-8(7)16/h2-4,16H,5H2,1H3,(H,13,17). The Balaban J connectivity index is 2.29. The van der Waals surface area contributed by atoms with Gasteiger partial charge in [0.25, 0.3) is 5.89 Å². The number of carbonyl (C=O) groups excluding carboxylic acids is 1. The third kappa shape index (κ3) is 2.45. The number of phenols is 1. The lowest BCUT2D eigenvalue weighted by Crippen LogP contribution is -2.20. The van der Waals surface area contributed by atoms with Crippen molar-refractivity contribution in [3.63, 3.8) is 0 Å². The van der Waals surface area contributed by atoms with Crippen LogP contribution in [0.25, 0.3) is 11.5 Å². The number of aromatic nitrogens is 2. The molecule has 2 rings (SSSR count). The first-order valence-electron chi connectivity index (χ1n) is 5.12. The molecule has 1 amide bonds. The Morgan fingerprint density at radius 3 is 3.06 bits per heavy atom. The third-order valence-electron chi connectivity index (χ3n) is 2.25. The molecule has 0 saturated heterocycles. The van der Waals surface area contributed by atoms with E-state index in [1.165, 1.54) is 13.1 Å². The average Bonchev–Trinajstić information content (AvgIpc) is 2.80. The molecule has 0 aliphatic carbocycles. The number of benzene rings is 1. The van der Waals surface area contributed by atoms with E-state index in [0.717, 1.165) is 12.1 Å². The molecule has 18 heavy (non-hydrogen) atoms. The first-order valence-corrected chi connectivity index (χ1v) is 5.12. The number of carbonyl (C=O) groups is 1. The second-order valence-corrected chi connectivity index (χ2v) is 3.53. The van der Waals surface area contributed by atoms with Crippen LogP contribution < -0.4 is 5.32 Å². The van der Waals surface area contributed by atoms with Gasteiger partial charge < -0.3 is 14.9 Å². The van der Waals surface area contributed by atoms with Gasteiger partial charge in [-0.25, -0.2) is 4.39 Å². The second-order valence-electron chi connectivity index (χ2n) is 3.53. The highest BCUT2D eigenvalue weighted by atomic mass is 19.1. The van der Waals surface area contributed by atoms with Crippen LogP contribution in [0.4, 0.5) is 4.39 Å². The molecule has 0 unspecified atom stereocenters. The van der Waals surface area contributed by atoms with Crippen molar-refractivity contribution in [1.82, 2.24) is 15.5 Å². The molecule has 0 spiro atoms. The van der Waals surface area contributed by atoms with Gasteiger partial charge in [-0.1, -0.05) is 5.16 Å². The number of aromatic hydroxyl groups is 1. The molecule has 0 saturated carbocycles. The summed E-state index contributed by atoms with van der Waals surface area (Å²) in [7, 11) is 1.49. The lowest BCUT2D eigenvalue weighted by Gasteiger charge is -1.98. The fourth-order valence-corrected chi connectivity index (χ4v) is 1.35. The molecular weight excluding hydrogens is 241 g/mol. The highest BCUT2D eigenvalue weighted by Crippen LogP contribution is 2.28. The van der Waals surface area contributed by atoms with Gasteiger partial charge in [0.05, 0.1) is 12.0 Å². The van der Waals surface area contributed by atoms with Crippen LogP contribution in [0.5, 0.6) is 5.75 Å². The monoisotopic (exact) mass is 251 g/mol. The van der Waals surface area contributed by atoms with Gasteiger partial charge in [0, 0.05) is 7.05 Å². The van der Waals surface area contributed by atoms with Gasteiger partial charge in [-0.15, -0.1) is 0 Å². The van der Waals surface area contributed by atoms with Crippen LogP contribution in [0.2, 0.25) is 0 Å². The fourth-order valence-electron chi connectivity index (χ4n) is 1.35. The second kappa shape index (κ2) is 4.82. The highest BCUT2D eigenvalue weighted by molar-refractivity contribution is 5.77. The zero-order chi connectivity index (χ0) is 13.1. The van der Waals surface area contributed by atoms with Crippen LogP contribution in [0, 0.1) is 5.82 Å². The van der Waals surface area contributed by atoms with Gasteiger partial charge in [0.1, 0.15) is 11.6 Å². The quantitative estimate of drug-likeness (QED) is 0.845. The average molecular weight is 251 g/mol. The van der Waals surface area contributed by atoms with Crippen molar-refractivity contribution in [2.45, 2.75) is 6.42 Å². The minimum Gasteiger partial charge on any atom is -0.507 e. The molecule has 1 heterocycles. The van der Waals surface area contributed by atoms with E-state index in [2.05, 4.69) is 15.5 Å². The van der Waals surface area contributed by atoms with Gasteiger partial charge in [0.2, 0.25) is 5.91 Å². The predicted molar refractivity (Wildman–Crippen MR) is 59.1 cm³/mol. The lowest BCUT2D eigenvalue weighted by molar-refractivity contribution is -0.120. The number of amides is 1. The maximum atomic E-state index is 13.0. The summed E-state index contributed by atoms with van der Waals surface area (Å²) in [6.07, 6.45) is -0.0456. The number of nitrogens with zero attached hydrogens (tertiary/aromatic N) is 2. The normalized spacial score (nSPS) is 10.3. The van der Waals surface area contributed by atoms with E-state index in [0.29, 0.717) is 0 Å². The smallest absolute Gasteiger partial charge is 0.261 e. The van der Waals surface area contributed by atoms with Gasteiger partial charge in [-0.05, 0) is 18.2 Å². The molecule has 0 radical (unpaired) electrons. The number of nitrogens with one attached hydrogen (secondary N) is 1. The maximum absolute atomic E-state index is 13.0. The number of likely N-dealkylation sites (N-methyl/N-ethyl adjacent to an activating group) is 1. The molecular formula is C11H10FN3O3. The summed E-state index contributed by atoms with van der Waals surface area (Å²) in [6.45, 7) is 0. The zero-order valence-corrected chi connectivity index (χ0v) is 9.48. The summed E-state index contributed by atoms with van der Waals surface area (Å²) < 4.78 is 17.9. The van der Waals surface area contributed by atoms with Crippen LogP contribution in [-0.2, 0) is 11.2 Å². The first kappa shape index (κ1) is 12.0. The lowest BCUT2D eigenvalue weighted by atomic mass is 10.2. The summed E-state index contributed by atoms with van der Waals surface area (Å²) >= 11 is 0. The van der Waals surface area contributed by atoms with Gasteiger partial charge >= 0.3 is 0 Å². The van der Waals surface area contributed by atoms with E-state index in [1.54, 1.807) is 0 Å². The third-order valence-corrected chi connectivity index (χ3v) is 2.25. The molecule has 1 aromatic carbocycles. The molecule has 6 nitrogen and oxygen atoms in total. The van der Waals surface area contributed by atoms with Crippen molar-refractivity contribution in [2.24, 2.45) is 0 Å². The van der Waals surface area contributed by atoms with Crippen LogP contribution in [-0.4, -0.2) is 28.2 Å². The van der Waals surface area contributed by atoms with Crippen LogP contribution >= 0.6 is 0 Å². The number of phenolic OH excluding ortho intramolecular Hbond substituents is 1. The molecule has 1 aromatic heterocycles. The summed E-state index contributed by atoms with van der Waals surface area (Å²) in [5.74, 6) is -0.856. The summed E-state index contributed by atoms with van der Waals surface area (Å²) in [5.41, 5.74) is 0.0886.